The topological polar surface area (TPSA) is 90.0 Å². The molecule has 0 spiro atoms. The van der Waals surface area contributed by atoms with Crippen LogP contribution in [-0.4, -0.2) is 88.8 Å². The molecule has 3 aliphatic rings. The number of unbranched alkanes of at least 4 members (excludes halogenated alkanes) is 1. The molecule has 0 radical (unpaired) electrons. The van der Waals surface area contributed by atoms with Crippen LogP contribution in [0.4, 0.5) is 10.7 Å². The highest BCUT2D eigenvalue weighted by Gasteiger charge is 2.56. The van der Waals surface area contributed by atoms with Crippen molar-refractivity contribution in [3.05, 3.63) is 30.1 Å². The number of amides is 4. The number of nitrogens with zero attached hydrogens (tertiary/aromatic N) is 6. The second-order valence-electron chi connectivity index (χ2n) is 9.42. The van der Waals surface area contributed by atoms with Crippen LogP contribution in [0.2, 0.25) is 0 Å². The fourth-order valence-electron chi connectivity index (χ4n) is 5.42. The number of hydrogen-bond acceptors (Lipinski definition) is 7. The molecule has 36 heavy (non-hydrogen) atoms. The lowest BCUT2D eigenvalue weighted by molar-refractivity contribution is -0.155. The number of carbonyl (C=O) groups is 3. The zero-order chi connectivity index (χ0) is 24.1. The van der Waals surface area contributed by atoms with Gasteiger partial charge >= 0.3 is 6.03 Å². The summed E-state index contributed by atoms with van der Waals surface area (Å²) in [5.41, 5.74) is -0.306. The molecule has 0 aromatic carbocycles. The first kappa shape index (κ1) is 30.0. The third kappa shape index (κ3) is 5.84. The maximum atomic E-state index is 13.6. The van der Waals surface area contributed by atoms with Gasteiger partial charge in [-0.2, -0.15) is 0 Å². The van der Waals surface area contributed by atoms with Crippen molar-refractivity contribution < 1.29 is 14.4 Å². The minimum Gasteiger partial charge on any atom is -0.338 e. The van der Waals surface area contributed by atoms with E-state index in [2.05, 4.69) is 25.8 Å². The molecular weight excluding hydrogens is 503 g/mol. The van der Waals surface area contributed by atoms with Crippen molar-refractivity contribution in [2.45, 2.75) is 51.9 Å². The summed E-state index contributed by atoms with van der Waals surface area (Å²) in [6.07, 6.45) is 11.3. The lowest BCUT2D eigenvalue weighted by Gasteiger charge is -2.44. The van der Waals surface area contributed by atoms with E-state index < -0.39 is 11.4 Å². The van der Waals surface area contributed by atoms with Gasteiger partial charge < -0.3 is 4.90 Å². The number of rotatable bonds is 8. The SMILES string of the molecule is CCC1(C2=CCCCC2)C(=O)N(C)C(=O)N(CCCCN2CCN(c3ncccn3)CC2)C1=O.Cl.Cl. The van der Waals surface area contributed by atoms with Gasteiger partial charge in [0.2, 0.25) is 17.8 Å². The molecule has 4 amide bonds. The van der Waals surface area contributed by atoms with Gasteiger partial charge in [-0.3, -0.25) is 24.3 Å². The van der Waals surface area contributed by atoms with Gasteiger partial charge in [0.1, 0.15) is 5.41 Å². The summed E-state index contributed by atoms with van der Waals surface area (Å²) in [7, 11) is 1.51. The third-order valence-electron chi connectivity index (χ3n) is 7.48. The van der Waals surface area contributed by atoms with Crippen molar-refractivity contribution in [2.24, 2.45) is 5.41 Å². The smallest absolute Gasteiger partial charge is 0.333 e. The molecule has 9 nitrogen and oxygen atoms in total. The Bertz CT molecular complexity index is 939. The summed E-state index contributed by atoms with van der Waals surface area (Å²) in [6, 6.07) is 1.33. The molecule has 2 aliphatic heterocycles. The number of urea groups is 1. The molecule has 0 N–H and O–H groups in total. The van der Waals surface area contributed by atoms with Crippen LogP contribution in [0.25, 0.3) is 0 Å². The average Bonchev–Trinajstić information content (AvgIpc) is 2.89. The first-order valence-electron chi connectivity index (χ1n) is 12.6. The van der Waals surface area contributed by atoms with Gasteiger partial charge in [0.15, 0.2) is 0 Å². The molecule has 11 heteroatoms. The minimum absolute atomic E-state index is 0. The minimum atomic E-state index is -1.21. The predicted octanol–water partition coefficient (Wildman–Crippen LogP) is 3.54. The zero-order valence-corrected chi connectivity index (χ0v) is 22.9. The van der Waals surface area contributed by atoms with Crippen molar-refractivity contribution in [3.8, 4) is 0 Å². The number of anilines is 1. The van der Waals surface area contributed by atoms with Crippen LogP contribution in [0.5, 0.6) is 0 Å². The molecule has 1 aliphatic carbocycles. The molecule has 1 atom stereocenters. The normalized spacial score (nSPS) is 23.2. The summed E-state index contributed by atoms with van der Waals surface area (Å²) in [4.78, 5) is 55.4. The maximum absolute atomic E-state index is 13.6. The van der Waals surface area contributed by atoms with E-state index in [4.69, 9.17) is 0 Å². The van der Waals surface area contributed by atoms with Gasteiger partial charge in [-0.1, -0.05) is 13.0 Å². The Labute approximate surface area is 226 Å². The van der Waals surface area contributed by atoms with E-state index in [1.165, 1.54) is 11.9 Å². The summed E-state index contributed by atoms with van der Waals surface area (Å²) in [6.45, 7) is 6.78. The largest absolute Gasteiger partial charge is 0.338 e. The van der Waals surface area contributed by atoms with E-state index in [0.717, 1.165) is 87.7 Å². The van der Waals surface area contributed by atoms with Gasteiger partial charge in [0.25, 0.3) is 0 Å². The highest BCUT2D eigenvalue weighted by atomic mass is 35.5. The van der Waals surface area contributed by atoms with Gasteiger partial charge in [-0.25, -0.2) is 14.8 Å². The van der Waals surface area contributed by atoms with E-state index in [9.17, 15) is 14.4 Å². The first-order chi connectivity index (χ1) is 16.5. The molecule has 0 bridgehead atoms. The first-order valence-corrected chi connectivity index (χ1v) is 12.6. The van der Waals surface area contributed by atoms with Crippen molar-refractivity contribution in [2.75, 3.05) is 51.2 Å². The molecule has 2 fully saturated rings. The number of allylic oxidation sites excluding steroid dienone is 1. The summed E-state index contributed by atoms with van der Waals surface area (Å²) in [5.74, 6) is 0.0813. The number of hydrogen-bond donors (Lipinski definition) is 0. The Balaban J connectivity index is 0.00000228. The summed E-state index contributed by atoms with van der Waals surface area (Å²) >= 11 is 0. The number of carbonyl (C=O) groups excluding carboxylic acids is 3. The monoisotopic (exact) mass is 540 g/mol. The Morgan fingerprint density at radius 3 is 2.19 bits per heavy atom. The van der Waals surface area contributed by atoms with Crippen molar-refractivity contribution in [3.63, 3.8) is 0 Å². The quantitative estimate of drug-likeness (QED) is 0.283. The van der Waals surface area contributed by atoms with E-state index in [-0.39, 0.29) is 36.6 Å². The second-order valence-corrected chi connectivity index (χ2v) is 9.42. The van der Waals surface area contributed by atoms with Gasteiger partial charge in [-0.05, 0) is 63.1 Å². The Morgan fingerprint density at radius 1 is 0.917 bits per heavy atom. The summed E-state index contributed by atoms with van der Waals surface area (Å²) < 4.78 is 0. The standard InChI is InChI=1S/C25H36N6O3.2ClH/c1-3-25(20-10-5-4-6-11-20)21(32)28(2)24(34)31(22(25)33)15-8-7-14-29-16-18-30(19-17-29)23-26-12-9-13-27-23;;/h9-10,12-13H,3-8,11,14-19H2,1-2H3;2*1H. The maximum Gasteiger partial charge on any atom is 0.333 e. The van der Waals surface area contributed by atoms with Crippen molar-refractivity contribution in [1.29, 1.82) is 0 Å². The number of barbiturate groups is 1. The third-order valence-corrected chi connectivity index (χ3v) is 7.48. The average molecular weight is 542 g/mol. The van der Waals surface area contributed by atoms with Gasteiger partial charge in [-0.15, -0.1) is 24.8 Å². The molecule has 3 heterocycles. The number of piperazine rings is 1. The number of imide groups is 2. The van der Waals surface area contributed by atoms with Crippen LogP contribution < -0.4 is 4.90 Å². The van der Waals surface area contributed by atoms with Crippen LogP contribution in [0, 0.1) is 5.41 Å². The molecule has 1 unspecified atom stereocenters. The van der Waals surface area contributed by atoms with Crippen LogP contribution in [0.15, 0.2) is 30.1 Å². The van der Waals surface area contributed by atoms with E-state index in [1.807, 2.05) is 13.0 Å². The molecular formula is C25H38Cl2N6O3. The number of halogens is 2. The Hall–Kier alpha value is -2.23. The lowest BCUT2D eigenvalue weighted by Crippen LogP contribution is -2.64. The molecule has 0 saturated carbocycles. The predicted molar refractivity (Wildman–Crippen MR) is 144 cm³/mol. The Kier molecular flexibility index (Phi) is 11.1. The lowest BCUT2D eigenvalue weighted by atomic mass is 9.70. The molecule has 2 saturated heterocycles. The van der Waals surface area contributed by atoms with Crippen molar-refractivity contribution >= 4 is 48.6 Å². The van der Waals surface area contributed by atoms with Crippen LogP contribution >= 0.6 is 24.8 Å². The summed E-state index contributed by atoms with van der Waals surface area (Å²) in [5, 5.41) is 0. The van der Waals surface area contributed by atoms with Gasteiger partial charge in [0.05, 0.1) is 0 Å². The highest BCUT2D eigenvalue weighted by molar-refractivity contribution is 6.20. The highest BCUT2D eigenvalue weighted by Crippen LogP contribution is 2.43. The van der Waals surface area contributed by atoms with E-state index in [1.54, 1.807) is 12.4 Å². The number of aromatic nitrogens is 2. The molecule has 1 aromatic heterocycles. The van der Waals surface area contributed by atoms with Crippen LogP contribution in [0.1, 0.15) is 51.9 Å². The van der Waals surface area contributed by atoms with Crippen molar-refractivity contribution in [1.82, 2.24) is 24.7 Å². The van der Waals surface area contributed by atoms with Gasteiger partial charge in [0, 0.05) is 52.2 Å². The fourth-order valence-corrected chi connectivity index (χ4v) is 5.42. The second kappa shape index (κ2) is 13.4. The van der Waals surface area contributed by atoms with Crippen LogP contribution in [0.3, 0.4) is 0 Å². The van der Waals surface area contributed by atoms with E-state index in [0.29, 0.717) is 13.0 Å². The van der Waals surface area contributed by atoms with E-state index >= 15 is 0 Å². The van der Waals surface area contributed by atoms with Crippen LogP contribution in [-0.2, 0) is 9.59 Å². The fraction of sp³-hybridized carbons (Fsp3) is 0.640. The molecule has 1 aromatic rings. The zero-order valence-electron chi connectivity index (χ0n) is 21.2. The molecule has 200 valence electrons. The Morgan fingerprint density at radius 2 is 1.58 bits per heavy atom. The molecule has 4 rings (SSSR count).